The molecule has 0 aliphatic rings. The number of rotatable bonds is 6. The van der Waals surface area contributed by atoms with E-state index in [1.165, 1.54) is 0 Å². The van der Waals surface area contributed by atoms with E-state index < -0.39 is 0 Å². The van der Waals surface area contributed by atoms with E-state index >= 15 is 0 Å². The number of hydrogen-bond acceptors (Lipinski definition) is 2. The standard InChI is InChI=1S/C7H16N4S2/c8-6(12)10-4-2-1-3-5-11-7(9)13/h1-5H2,(H3,8,10,12)(H3,9,11,13). The molecule has 6 N–H and O–H groups in total. The molecule has 4 nitrogen and oxygen atoms in total. The highest BCUT2D eigenvalue weighted by Gasteiger charge is 1.90. The zero-order valence-electron chi connectivity index (χ0n) is 7.51. The Bertz CT molecular complexity index is 154. The number of thiocarbonyl (C=S) groups is 2. The van der Waals surface area contributed by atoms with E-state index in [0.717, 1.165) is 32.4 Å². The van der Waals surface area contributed by atoms with Crippen LogP contribution in [0.2, 0.25) is 0 Å². The van der Waals surface area contributed by atoms with E-state index in [4.69, 9.17) is 11.5 Å². The maximum atomic E-state index is 5.25. The van der Waals surface area contributed by atoms with Gasteiger partial charge in [0, 0.05) is 13.1 Å². The fraction of sp³-hybridized carbons (Fsp3) is 0.714. The summed E-state index contributed by atoms with van der Waals surface area (Å²) in [6.45, 7) is 1.67. The first kappa shape index (κ1) is 12.4. The molecule has 0 saturated carbocycles. The molecule has 0 amide bonds. The molecule has 0 rings (SSSR count). The van der Waals surface area contributed by atoms with E-state index in [-0.39, 0.29) is 0 Å². The average Bonchev–Trinajstić information content (AvgIpc) is 2.01. The van der Waals surface area contributed by atoms with Crippen LogP contribution in [0.25, 0.3) is 0 Å². The van der Waals surface area contributed by atoms with Gasteiger partial charge in [0.1, 0.15) is 0 Å². The normalized spacial score (nSPS) is 9.23. The van der Waals surface area contributed by atoms with Gasteiger partial charge >= 0.3 is 0 Å². The van der Waals surface area contributed by atoms with Gasteiger partial charge in [0.15, 0.2) is 10.2 Å². The summed E-state index contributed by atoms with van der Waals surface area (Å²) in [5.74, 6) is 0. The van der Waals surface area contributed by atoms with Crippen LogP contribution in [0.4, 0.5) is 0 Å². The summed E-state index contributed by atoms with van der Waals surface area (Å²) in [7, 11) is 0. The predicted molar refractivity (Wildman–Crippen MR) is 63.4 cm³/mol. The van der Waals surface area contributed by atoms with Gasteiger partial charge in [-0.25, -0.2) is 0 Å². The van der Waals surface area contributed by atoms with Crippen LogP contribution in [-0.4, -0.2) is 23.3 Å². The third-order valence-corrected chi connectivity index (χ3v) is 1.74. The van der Waals surface area contributed by atoms with Crippen molar-refractivity contribution in [3.8, 4) is 0 Å². The second-order valence-corrected chi connectivity index (χ2v) is 3.52. The molecule has 0 aromatic rings. The van der Waals surface area contributed by atoms with Gasteiger partial charge in [-0.05, 0) is 43.7 Å². The Balaban J connectivity index is 3.00. The first-order valence-electron chi connectivity index (χ1n) is 4.19. The SMILES string of the molecule is NC(=S)NCCCCCNC(N)=S. The third kappa shape index (κ3) is 11.4. The van der Waals surface area contributed by atoms with Crippen molar-refractivity contribution >= 4 is 34.7 Å². The topological polar surface area (TPSA) is 76.1 Å². The number of hydrogen-bond donors (Lipinski definition) is 4. The van der Waals surface area contributed by atoms with Gasteiger partial charge in [0.2, 0.25) is 0 Å². The van der Waals surface area contributed by atoms with Crippen LogP contribution in [0.5, 0.6) is 0 Å². The molecule has 6 heteroatoms. The van der Waals surface area contributed by atoms with E-state index in [1.54, 1.807) is 0 Å². The van der Waals surface area contributed by atoms with Gasteiger partial charge in [-0.1, -0.05) is 0 Å². The monoisotopic (exact) mass is 220 g/mol. The highest BCUT2D eigenvalue weighted by molar-refractivity contribution is 7.80. The Labute approximate surface area is 89.4 Å². The maximum Gasteiger partial charge on any atom is 0.163 e. The fourth-order valence-corrected chi connectivity index (χ4v) is 1.05. The van der Waals surface area contributed by atoms with Gasteiger partial charge in [0.25, 0.3) is 0 Å². The van der Waals surface area contributed by atoms with E-state index in [1.807, 2.05) is 0 Å². The predicted octanol–water partition coefficient (Wildman–Crippen LogP) is -0.177. The molecule has 76 valence electrons. The molecule has 0 spiro atoms. The minimum absolute atomic E-state index is 0.362. The van der Waals surface area contributed by atoms with Crippen molar-refractivity contribution < 1.29 is 0 Å². The Morgan fingerprint density at radius 3 is 1.54 bits per heavy atom. The summed E-state index contributed by atoms with van der Waals surface area (Å²) < 4.78 is 0. The summed E-state index contributed by atoms with van der Waals surface area (Å²) in [5, 5.41) is 6.49. The van der Waals surface area contributed by atoms with E-state index in [0.29, 0.717) is 10.2 Å². The smallest absolute Gasteiger partial charge is 0.163 e. The van der Waals surface area contributed by atoms with Crippen molar-refractivity contribution in [2.45, 2.75) is 19.3 Å². The lowest BCUT2D eigenvalue weighted by Gasteiger charge is -2.04. The lowest BCUT2D eigenvalue weighted by Crippen LogP contribution is -2.30. The molecule has 0 radical (unpaired) electrons. The minimum Gasteiger partial charge on any atom is -0.376 e. The van der Waals surface area contributed by atoms with Crippen LogP contribution < -0.4 is 22.1 Å². The van der Waals surface area contributed by atoms with Gasteiger partial charge in [-0.15, -0.1) is 0 Å². The summed E-state index contributed by atoms with van der Waals surface area (Å²) in [6, 6.07) is 0. The van der Waals surface area contributed by atoms with Crippen LogP contribution in [0, 0.1) is 0 Å². The number of nitrogens with two attached hydrogens (primary N) is 2. The van der Waals surface area contributed by atoms with Gasteiger partial charge in [0.05, 0.1) is 0 Å². The molecule has 0 aliphatic heterocycles. The molecular formula is C7H16N4S2. The van der Waals surface area contributed by atoms with Crippen LogP contribution in [0.1, 0.15) is 19.3 Å². The zero-order chi connectivity index (χ0) is 10.1. The van der Waals surface area contributed by atoms with Crippen molar-refractivity contribution in [1.29, 1.82) is 0 Å². The third-order valence-electron chi connectivity index (χ3n) is 1.45. The van der Waals surface area contributed by atoms with Crippen LogP contribution in [0.15, 0.2) is 0 Å². The number of nitrogens with one attached hydrogen (secondary N) is 2. The fourth-order valence-electron chi connectivity index (χ4n) is 0.850. The summed E-state index contributed by atoms with van der Waals surface area (Å²) >= 11 is 9.30. The molecule has 13 heavy (non-hydrogen) atoms. The molecule has 0 aromatic carbocycles. The van der Waals surface area contributed by atoms with Crippen molar-refractivity contribution in [1.82, 2.24) is 10.6 Å². The molecule has 0 aromatic heterocycles. The second kappa shape index (κ2) is 8.00. The first-order valence-corrected chi connectivity index (χ1v) is 5.01. The lowest BCUT2D eigenvalue weighted by molar-refractivity contribution is 0.653. The highest BCUT2D eigenvalue weighted by Crippen LogP contribution is 1.91. The van der Waals surface area contributed by atoms with Crippen molar-refractivity contribution in [2.75, 3.05) is 13.1 Å². The Morgan fingerprint density at radius 2 is 1.23 bits per heavy atom. The summed E-state index contributed by atoms with van der Waals surface area (Å²) in [6.07, 6.45) is 3.21. The maximum absolute atomic E-state index is 5.25. The molecule has 0 heterocycles. The van der Waals surface area contributed by atoms with Gasteiger partial charge < -0.3 is 22.1 Å². The van der Waals surface area contributed by atoms with Gasteiger partial charge in [-0.3, -0.25) is 0 Å². The van der Waals surface area contributed by atoms with Crippen molar-refractivity contribution in [3.05, 3.63) is 0 Å². The first-order chi connectivity index (χ1) is 6.13. The second-order valence-electron chi connectivity index (χ2n) is 2.64. The quantitative estimate of drug-likeness (QED) is 0.368. The van der Waals surface area contributed by atoms with Crippen molar-refractivity contribution in [2.24, 2.45) is 11.5 Å². The van der Waals surface area contributed by atoms with Crippen LogP contribution in [-0.2, 0) is 0 Å². The number of unbranched alkanes of at least 4 members (excludes halogenated alkanes) is 2. The average molecular weight is 220 g/mol. The summed E-state index contributed by atoms with van der Waals surface area (Å²) in [5.41, 5.74) is 10.5. The zero-order valence-corrected chi connectivity index (χ0v) is 9.14. The lowest BCUT2D eigenvalue weighted by atomic mass is 10.2. The van der Waals surface area contributed by atoms with E-state index in [9.17, 15) is 0 Å². The highest BCUT2D eigenvalue weighted by atomic mass is 32.1. The van der Waals surface area contributed by atoms with E-state index in [2.05, 4.69) is 35.1 Å². The molecular weight excluding hydrogens is 204 g/mol. The largest absolute Gasteiger partial charge is 0.376 e. The van der Waals surface area contributed by atoms with Crippen LogP contribution >= 0.6 is 24.4 Å². The molecule has 0 fully saturated rings. The molecule has 0 bridgehead atoms. The Morgan fingerprint density at radius 1 is 0.846 bits per heavy atom. The summed E-state index contributed by atoms with van der Waals surface area (Å²) in [4.78, 5) is 0. The molecule has 0 aliphatic carbocycles. The Kier molecular flexibility index (Phi) is 7.62. The Hall–Kier alpha value is -0.620. The van der Waals surface area contributed by atoms with Gasteiger partial charge in [-0.2, -0.15) is 0 Å². The van der Waals surface area contributed by atoms with Crippen molar-refractivity contribution in [3.63, 3.8) is 0 Å². The van der Waals surface area contributed by atoms with Crippen LogP contribution in [0.3, 0.4) is 0 Å². The molecule has 0 saturated heterocycles. The minimum atomic E-state index is 0.362. The molecule has 0 atom stereocenters. The molecule has 0 unspecified atom stereocenters.